The van der Waals surface area contributed by atoms with Gasteiger partial charge in [-0.3, -0.25) is 0 Å². The Morgan fingerprint density at radius 1 is 1.45 bits per heavy atom. The monoisotopic (exact) mass is 169 g/mol. The lowest BCUT2D eigenvalue weighted by Gasteiger charge is -1.97. The molecule has 0 aromatic carbocycles. The summed E-state index contributed by atoms with van der Waals surface area (Å²) in [5, 5.41) is 3.08. The summed E-state index contributed by atoms with van der Waals surface area (Å²) in [5.41, 5.74) is 3.72. The van der Waals surface area contributed by atoms with Gasteiger partial charge in [-0.25, -0.2) is 0 Å². The van der Waals surface area contributed by atoms with Crippen molar-refractivity contribution in [2.24, 2.45) is 0 Å². The maximum Gasteiger partial charge on any atom is 0.00278 e. The van der Waals surface area contributed by atoms with Crippen molar-refractivity contribution >= 4 is 9.24 Å². The van der Waals surface area contributed by atoms with Crippen LogP contribution >= 0.6 is 9.24 Å². The summed E-state index contributed by atoms with van der Waals surface area (Å²) in [6, 6.07) is 0. The van der Waals surface area contributed by atoms with Gasteiger partial charge in [0.1, 0.15) is 0 Å². The highest BCUT2D eigenvalue weighted by molar-refractivity contribution is 7.17. The van der Waals surface area contributed by atoms with Gasteiger partial charge in [-0.05, 0) is 42.8 Å². The minimum atomic E-state index is 0.751. The minimum Gasteiger partial charge on any atom is -0.394 e. The van der Waals surface area contributed by atoms with Gasteiger partial charge < -0.3 is 5.32 Å². The van der Waals surface area contributed by atoms with E-state index in [1.54, 1.807) is 0 Å². The lowest BCUT2D eigenvalue weighted by Crippen LogP contribution is -1.95. The third kappa shape index (κ3) is 2.07. The van der Waals surface area contributed by atoms with Gasteiger partial charge >= 0.3 is 0 Å². The second kappa shape index (κ2) is 3.92. The third-order valence-corrected chi connectivity index (χ3v) is 2.52. The van der Waals surface area contributed by atoms with Crippen LogP contribution in [0.2, 0.25) is 0 Å². The van der Waals surface area contributed by atoms with E-state index in [9.17, 15) is 0 Å². The minimum absolute atomic E-state index is 0.751. The second-order valence-corrected chi connectivity index (χ2v) is 3.88. The van der Waals surface area contributed by atoms with Gasteiger partial charge in [0.2, 0.25) is 0 Å². The molecule has 1 saturated carbocycles. The van der Waals surface area contributed by atoms with E-state index in [-0.39, 0.29) is 0 Å². The Labute approximate surface area is 71.2 Å². The highest BCUT2D eigenvalue weighted by Gasteiger charge is 2.19. The second-order valence-electron chi connectivity index (χ2n) is 2.94. The predicted molar refractivity (Wildman–Crippen MR) is 53.6 cm³/mol. The van der Waals surface area contributed by atoms with Crippen LogP contribution in [0.1, 0.15) is 19.8 Å². The fourth-order valence-electron chi connectivity index (χ4n) is 1.53. The quantitative estimate of drug-likeness (QED) is 0.592. The molecule has 0 heterocycles. The van der Waals surface area contributed by atoms with Crippen molar-refractivity contribution in [2.75, 3.05) is 7.05 Å². The molecule has 62 valence electrons. The molecule has 0 aromatic heterocycles. The number of hydrogen-bond donors (Lipinski definition) is 1. The van der Waals surface area contributed by atoms with Crippen LogP contribution < -0.4 is 5.32 Å². The van der Waals surface area contributed by atoms with E-state index in [1.807, 2.05) is 7.05 Å². The zero-order valence-corrected chi connectivity index (χ0v) is 8.38. The van der Waals surface area contributed by atoms with E-state index in [4.69, 9.17) is 0 Å². The van der Waals surface area contributed by atoms with Crippen molar-refractivity contribution in [1.82, 2.24) is 5.32 Å². The average Bonchev–Trinajstić information content (AvgIpc) is 2.32. The molecule has 1 N–H and O–H groups in total. The molecule has 1 aliphatic carbocycles. The lowest BCUT2D eigenvalue weighted by molar-refractivity contribution is 0.950. The van der Waals surface area contributed by atoms with Gasteiger partial charge in [0, 0.05) is 7.05 Å². The Bertz CT molecular complexity index is 194. The Morgan fingerprint density at radius 3 is 2.64 bits per heavy atom. The van der Waals surface area contributed by atoms with Crippen LogP contribution in [0.25, 0.3) is 0 Å². The molecule has 0 radical (unpaired) electrons. The molecule has 1 fully saturated rings. The first kappa shape index (κ1) is 8.80. The normalized spacial score (nSPS) is 31.7. The molecule has 2 heteroatoms. The summed E-state index contributed by atoms with van der Waals surface area (Å²) in [6.07, 6.45) is 6.74. The summed E-state index contributed by atoms with van der Waals surface area (Å²) in [6.45, 7) is 2.11. The van der Waals surface area contributed by atoms with E-state index in [1.165, 1.54) is 24.0 Å². The van der Waals surface area contributed by atoms with Crippen molar-refractivity contribution in [3.8, 4) is 0 Å². The largest absolute Gasteiger partial charge is 0.394 e. The summed E-state index contributed by atoms with van der Waals surface area (Å²) in [4.78, 5) is 0. The van der Waals surface area contributed by atoms with Crippen LogP contribution in [0.15, 0.2) is 23.4 Å². The molecule has 1 nitrogen and oxygen atoms in total. The Kier molecular flexibility index (Phi) is 3.14. The van der Waals surface area contributed by atoms with Gasteiger partial charge in [-0.2, -0.15) is 0 Å². The Hall–Kier alpha value is -0.290. The molecule has 2 atom stereocenters. The summed E-state index contributed by atoms with van der Waals surface area (Å²) < 4.78 is 0. The first-order chi connectivity index (χ1) is 5.27. The molecular weight excluding hydrogens is 153 g/mol. The number of rotatable bonds is 1. The van der Waals surface area contributed by atoms with Gasteiger partial charge in [-0.1, -0.05) is 6.08 Å². The first-order valence-electron chi connectivity index (χ1n) is 4.05. The molecule has 2 unspecified atom stereocenters. The summed E-state index contributed by atoms with van der Waals surface area (Å²) in [5.74, 6) is 0. The molecule has 0 aromatic rings. The molecule has 11 heavy (non-hydrogen) atoms. The van der Waals surface area contributed by atoms with Crippen LogP contribution in [0.4, 0.5) is 0 Å². The maximum atomic E-state index is 3.08. The maximum absolute atomic E-state index is 3.08. The van der Waals surface area contributed by atoms with Crippen molar-refractivity contribution in [1.29, 1.82) is 0 Å². The van der Waals surface area contributed by atoms with Crippen LogP contribution in [0.3, 0.4) is 0 Å². The zero-order chi connectivity index (χ0) is 8.27. The average molecular weight is 169 g/mol. The fraction of sp³-hybridized carbons (Fsp3) is 0.556. The van der Waals surface area contributed by atoms with Crippen molar-refractivity contribution in [3.05, 3.63) is 23.4 Å². The third-order valence-electron chi connectivity index (χ3n) is 2.04. The summed E-state index contributed by atoms with van der Waals surface area (Å²) >= 11 is 0. The van der Waals surface area contributed by atoms with E-state index in [0.717, 1.165) is 5.66 Å². The Morgan fingerprint density at radius 2 is 2.09 bits per heavy atom. The number of nitrogens with one attached hydrogen (secondary N) is 1. The highest BCUT2D eigenvalue weighted by Crippen LogP contribution is 2.34. The SMILES string of the molecule is C/C=C1/CC(P)C/C1=C/NC. The van der Waals surface area contributed by atoms with E-state index in [0.29, 0.717) is 0 Å². The first-order valence-corrected chi connectivity index (χ1v) is 4.72. The molecular formula is C9H16NP. The van der Waals surface area contributed by atoms with Crippen molar-refractivity contribution < 1.29 is 0 Å². The molecule has 0 bridgehead atoms. The molecule has 1 aliphatic rings. The van der Waals surface area contributed by atoms with Crippen LogP contribution in [0.5, 0.6) is 0 Å². The zero-order valence-electron chi connectivity index (χ0n) is 7.22. The fourth-order valence-corrected chi connectivity index (χ4v) is 2.04. The van der Waals surface area contributed by atoms with Gasteiger partial charge in [-0.15, -0.1) is 9.24 Å². The number of allylic oxidation sites excluding steroid dienone is 3. The van der Waals surface area contributed by atoms with Crippen molar-refractivity contribution in [3.63, 3.8) is 0 Å². The number of hydrogen-bond acceptors (Lipinski definition) is 1. The predicted octanol–water partition coefficient (Wildman–Crippen LogP) is 2.07. The molecule has 1 rings (SSSR count). The summed E-state index contributed by atoms with van der Waals surface area (Å²) in [7, 11) is 4.84. The van der Waals surface area contributed by atoms with Crippen LogP contribution in [-0.2, 0) is 0 Å². The van der Waals surface area contributed by atoms with Gasteiger partial charge in [0.25, 0.3) is 0 Å². The van der Waals surface area contributed by atoms with E-state index >= 15 is 0 Å². The van der Waals surface area contributed by atoms with Crippen LogP contribution in [-0.4, -0.2) is 12.7 Å². The molecule has 0 spiro atoms. The van der Waals surface area contributed by atoms with E-state index in [2.05, 4.69) is 33.8 Å². The Balaban J connectivity index is 2.73. The van der Waals surface area contributed by atoms with E-state index < -0.39 is 0 Å². The smallest absolute Gasteiger partial charge is 0.00278 e. The highest BCUT2D eigenvalue weighted by atomic mass is 31.0. The molecule has 0 aliphatic heterocycles. The van der Waals surface area contributed by atoms with Gasteiger partial charge in [0.15, 0.2) is 0 Å². The molecule has 0 amide bonds. The van der Waals surface area contributed by atoms with Gasteiger partial charge in [0.05, 0.1) is 0 Å². The van der Waals surface area contributed by atoms with Crippen LogP contribution in [0, 0.1) is 0 Å². The topological polar surface area (TPSA) is 12.0 Å². The molecule has 0 saturated heterocycles. The standard InChI is InChI=1S/C9H16NP/c1-3-7-4-9(11)5-8(7)6-10-2/h3,6,9-10H,4-5,11H2,1-2H3/b7-3-,8-6-. The lowest BCUT2D eigenvalue weighted by atomic mass is 10.1. The van der Waals surface area contributed by atoms with Crippen molar-refractivity contribution in [2.45, 2.75) is 25.4 Å².